The number of fused-ring (bicyclic) bond motifs is 1. The molecule has 0 amide bonds. The van der Waals surface area contributed by atoms with Crippen LogP contribution in [-0.2, 0) is 0 Å². The van der Waals surface area contributed by atoms with E-state index >= 15 is 0 Å². The molecule has 1 aliphatic carbocycles. The topological polar surface area (TPSA) is 0 Å². The van der Waals surface area contributed by atoms with Crippen molar-refractivity contribution in [2.75, 3.05) is 0 Å². The van der Waals surface area contributed by atoms with Crippen LogP contribution in [0.2, 0.25) is 0 Å². The first-order valence-corrected chi connectivity index (χ1v) is 5.60. The quantitative estimate of drug-likeness (QED) is 0.660. The van der Waals surface area contributed by atoms with E-state index in [2.05, 4.69) is 44.2 Å². The van der Waals surface area contributed by atoms with E-state index in [0.717, 1.165) is 0 Å². The summed E-state index contributed by atoms with van der Waals surface area (Å²) in [6.07, 6.45) is 8.58. The SMILES string of the molecule is CCCCC1C=Cc2cc(C)ccc21. The van der Waals surface area contributed by atoms with E-state index in [0.29, 0.717) is 5.92 Å². The predicted octanol–water partition coefficient (Wildman–Crippen LogP) is 4.30. The van der Waals surface area contributed by atoms with Crippen LogP contribution in [0.5, 0.6) is 0 Å². The van der Waals surface area contributed by atoms with Gasteiger partial charge in [-0.1, -0.05) is 55.7 Å². The van der Waals surface area contributed by atoms with Gasteiger partial charge < -0.3 is 0 Å². The van der Waals surface area contributed by atoms with Gasteiger partial charge in [0.2, 0.25) is 0 Å². The third-order valence-corrected chi connectivity index (χ3v) is 3.02. The smallest absolute Gasteiger partial charge is 0.00272 e. The molecule has 0 saturated heterocycles. The molecule has 1 aromatic carbocycles. The zero-order chi connectivity index (χ0) is 9.97. The molecule has 1 aliphatic rings. The summed E-state index contributed by atoms with van der Waals surface area (Å²) in [6, 6.07) is 6.81. The van der Waals surface area contributed by atoms with Gasteiger partial charge in [0.15, 0.2) is 0 Å². The van der Waals surface area contributed by atoms with E-state index in [-0.39, 0.29) is 0 Å². The molecule has 1 unspecified atom stereocenters. The van der Waals surface area contributed by atoms with Crippen LogP contribution in [0.4, 0.5) is 0 Å². The minimum absolute atomic E-state index is 0.686. The van der Waals surface area contributed by atoms with E-state index < -0.39 is 0 Å². The Balaban J connectivity index is 2.18. The average Bonchev–Trinajstić information content (AvgIpc) is 2.57. The van der Waals surface area contributed by atoms with Gasteiger partial charge in [-0.15, -0.1) is 0 Å². The van der Waals surface area contributed by atoms with Crippen LogP contribution in [0.1, 0.15) is 48.8 Å². The van der Waals surface area contributed by atoms with Crippen LogP contribution >= 0.6 is 0 Å². The number of unbranched alkanes of at least 4 members (excludes halogenated alkanes) is 1. The summed E-state index contributed by atoms with van der Waals surface area (Å²) < 4.78 is 0. The van der Waals surface area contributed by atoms with Crippen LogP contribution in [0.15, 0.2) is 24.3 Å². The molecule has 0 saturated carbocycles. The summed E-state index contributed by atoms with van der Waals surface area (Å²) in [4.78, 5) is 0. The van der Waals surface area contributed by atoms with Crippen LogP contribution in [0, 0.1) is 6.92 Å². The molecule has 0 N–H and O–H groups in total. The Bertz CT molecular complexity index is 347. The Labute approximate surface area is 86.7 Å². The monoisotopic (exact) mass is 186 g/mol. The van der Waals surface area contributed by atoms with Gasteiger partial charge in [0, 0.05) is 5.92 Å². The molecular weight excluding hydrogens is 168 g/mol. The Hall–Kier alpha value is -1.04. The van der Waals surface area contributed by atoms with E-state index in [1.807, 2.05) is 0 Å². The number of hydrogen-bond acceptors (Lipinski definition) is 0. The van der Waals surface area contributed by atoms with Gasteiger partial charge in [-0.2, -0.15) is 0 Å². The largest absolute Gasteiger partial charge is 0.0764 e. The summed E-state index contributed by atoms with van der Waals surface area (Å²) in [7, 11) is 0. The number of rotatable bonds is 3. The van der Waals surface area contributed by atoms with Crippen LogP contribution < -0.4 is 0 Å². The second-order valence-electron chi connectivity index (χ2n) is 4.24. The van der Waals surface area contributed by atoms with Crippen LogP contribution in [-0.4, -0.2) is 0 Å². The zero-order valence-corrected chi connectivity index (χ0v) is 9.09. The lowest BCUT2D eigenvalue weighted by Crippen LogP contribution is -1.93. The van der Waals surface area contributed by atoms with E-state index in [1.54, 1.807) is 0 Å². The van der Waals surface area contributed by atoms with E-state index in [1.165, 1.54) is 36.0 Å². The van der Waals surface area contributed by atoms with Gasteiger partial charge in [0.05, 0.1) is 0 Å². The average molecular weight is 186 g/mol. The van der Waals surface area contributed by atoms with Gasteiger partial charge in [0.25, 0.3) is 0 Å². The van der Waals surface area contributed by atoms with Crippen molar-refractivity contribution in [3.05, 3.63) is 41.0 Å². The van der Waals surface area contributed by atoms with Gasteiger partial charge in [0.1, 0.15) is 0 Å². The summed E-state index contributed by atoms with van der Waals surface area (Å²) >= 11 is 0. The van der Waals surface area contributed by atoms with Crippen molar-refractivity contribution in [1.82, 2.24) is 0 Å². The molecule has 0 heteroatoms. The molecule has 0 radical (unpaired) electrons. The molecule has 0 fully saturated rings. The summed E-state index contributed by atoms with van der Waals surface area (Å²) in [5.74, 6) is 0.686. The molecule has 0 nitrogen and oxygen atoms in total. The Morgan fingerprint density at radius 3 is 2.93 bits per heavy atom. The number of aryl methyl sites for hydroxylation is 1. The maximum Gasteiger partial charge on any atom is 0.00272 e. The number of benzene rings is 1. The van der Waals surface area contributed by atoms with Gasteiger partial charge in [-0.3, -0.25) is 0 Å². The first-order valence-electron chi connectivity index (χ1n) is 5.60. The Morgan fingerprint density at radius 2 is 2.14 bits per heavy atom. The molecule has 14 heavy (non-hydrogen) atoms. The van der Waals surface area contributed by atoms with Gasteiger partial charge in [-0.05, 0) is 24.5 Å². The molecule has 0 spiro atoms. The van der Waals surface area contributed by atoms with Crippen LogP contribution in [0.25, 0.3) is 6.08 Å². The zero-order valence-electron chi connectivity index (χ0n) is 9.09. The van der Waals surface area contributed by atoms with Crippen molar-refractivity contribution in [3.8, 4) is 0 Å². The van der Waals surface area contributed by atoms with Gasteiger partial charge in [-0.25, -0.2) is 0 Å². The first-order chi connectivity index (χ1) is 6.81. The van der Waals surface area contributed by atoms with E-state index in [4.69, 9.17) is 0 Å². The third-order valence-electron chi connectivity index (χ3n) is 3.02. The fraction of sp³-hybridized carbons (Fsp3) is 0.429. The third kappa shape index (κ3) is 1.75. The molecule has 0 bridgehead atoms. The highest BCUT2D eigenvalue weighted by Crippen LogP contribution is 2.33. The molecule has 74 valence electrons. The second-order valence-corrected chi connectivity index (χ2v) is 4.24. The van der Waals surface area contributed by atoms with Crippen molar-refractivity contribution >= 4 is 6.08 Å². The lowest BCUT2D eigenvalue weighted by molar-refractivity contribution is 0.669. The highest BCUT2D eigenvalue weighted by Gasteiger charge is 2.15. The molecule has 1 aromatic rings. The van der Waals surface area contributed by atoms with Crippen molar-refractivity contribution in [2.24, 2.45) is 0 Å². The summed E-state index contributed by atoms with van der Waals surface area (Å²) in [5.41, 5.74) is 4.33. The number of hydrogen-bond donors (Lipinski definition) is 0. The van der Waals surface area contributed by atoms with E-state index in [9.17, 15) is 0 Å². The Morgan fingerprint density at radius 1 is 1.29 bits per heavy atom. The molecule has 0 heterocycles. The second kappa shape index (κ2) is 4.00. The van der Waals surface area contributed by atoms with Crippen molar-refractivity contribution in [2.45, 2.75) is 39.0 Å². The van der Waals surface area contributed by atoms with Gasteiger partial charge >= 0.3 is 0 Å². The molecule has 0 aliphatic heterocycles. The van der Waals surface area contributed by atoms with Crippen molar-refractivity contribution in [1.29, 1.82) is 0 Å². The summed E-state index contributed by atoms with van der Waals surface area (Å²) in [5, 5.41) is 0. The predicted molar refractivity (Wildman–Crippen MR) is 62.5 cm³/mol. The normalized spacial score (nSPS) is 18.6. The minimum Gasteiger partial charge on any atom is -0.0764 e. The summed E-state index contributed by atoms with van der Waals surface area (Å²) in [6.45, 7) is 4.42. The van der Waals surface area contributed by atoms with Crippen LogP contribution in [0.3, 0.4) is 0 Å². The maximum absolute atomic E-state index is 2.36. The lowest BCUT2D eigenvalue weighted by atomic mass is 9.95. The first kappa shape index (κ1) is 9.51. The Kier molecular flexibility index (Phi) is 2.72. The fourth-order valence-electron chi connectivity index (χ4n) is 2.18. The molecule has 2 rings (SSSR count). The van der Waals surface area contributed by atoms with Crippen molar-refractivity contribution in [3.63, 3.8) is 0 Å². The molecular formula is C14H18. The lowest BCUT2D eigenvalue weighted by Gasteiger charge is -2.10. The highest BCUT2D eigenvalue weighted by atomic mass is 14.2. The minimum atomic E-state index is 0.686. The highest BCUT2D eigenvalue weighted by molar-refractivity contribution is 5.63. The standard InChI is InChI=1S/C14H18/c1-3-4-5-12-7-8-13-10-11(2)6-9-14(12)13/h6-10,12H,3-5H2,1-2H3. The maximum atomic E-state index is 2.36. The fourth-order valence-corrected chi connectivity index (χ4v) is 2.18. The number of allylic oxidation sites excluding steroid dienone is 1. The molecule has 0 aromatic heterocycles. The van der Waals surface area contributed by atoms with Crippen molar-refractivity contribution < 1.29 is 0 Å². The molecule has 1 atom stereocenters.